The molecule has 0 bridgehead atoms. The van der Waals surface area contributed by atoms with Crippen molar-refractivity contribution >= 4 is 23.1 Å². The number of aromatic nitrogens is 5. The smallest absolute Gasteiger partial charge is 0.196 e. The number of nitrogens with two attached hydrogens (primary N) is 1. The lowest BCUT2D eigenvalue weighted by Gasteiger charge is -2.12. The van der Waals surface area contributed by atoms with Gasteiger partial charge in [-0.3, -0.25) is 0 Å². The highest BCUT2D eigenvalue weighted by atomic mass is 35.5. The van der Waals surface area contributed by atoms with E-state index in [1.807, 2.05) is 6.92 Å². The van der Waals surface area contributed by atoms with E-state index < -0.39 is 0 Å². The minimum absolute atomic E-state index is 0.144. The maximum Gasteiger partial charge on any atom is 0.196 e. The van der Waals surface area contributed by atoms with Crippen LogP contribution in [0, 0.1) is 0 Å². The van der Waals surface area contributed by atoms with E-state index in [2.05, 4.69) is 30.9 Å². The number of tetrazole rings is 1. The van der Waals surface area contributed by atoms with E-state index in [1.54, 1.807) is 6.07 Å². The van der Waals surface area contributed by atoms with Gasteiger partial charge in [0.05, 0.1) is 16.8 Å². The third-order valence-electron chi connectivity index (χ3n) is 1.99. The number of hydrogen-bond acceptors (Lipinski definition) is 6. The van der Waals surface area contributed by atoms with Gasteiger partial charge in [0.2, 0.25) is 0 Å². The minimum Gasteiger partial charge on any atom is -0.396 e. The number of nitrogens with zero attached hydrogens (tertiary/aromatic N) is 4. The molecular weight excluding hydrogens is 230 g/mol. The molecule has 0 saturated heterocycles. The number of halogens is 1. The summed E-state index contributed by atoms with van der Waals surface area (Å²) in [6.07, 6.45) is 1.52. The topological polar surface area (TPSA) is 105 Å². The van der Waals surface area contributed by atoms with Crippen molar-refractivity contribution in [3.8, 4) is 0 Å². The highest BCUT2D eigenvalue weighted by Gasteiger charge is 2.12. The second kappa shape index (κ2) is 4.31. The summed E-state index contributed by atoms with van der Waals surface area (Å²) in [6.45, 7) is 1.88. The fourth-order valence-electron chi connectivity index (χ4n) is 1.20. The molecule has 4 N–H and O–H groups in total. The summed E-state index contributed by atoms with van der Waals surface area (Å²) in [7, 11) is 0. The number of nitrogen functional groups attached to an aromatic ring is 1. The monoisotopic (exact) mass is 239 g/mol. The van der Waals surface area contributed by atoms with Crippen LogP contribution in [0.5, 0.6) is 0 Å². The summed E-state index contributed by atoms with van der Waals surface area (Å²) in [6, 6.07) is 1.48. The summed E-state index contributed by atoms with van der Waals surface area (Å²) in [5.74, 6) is 1.08. The van der Waals surface area contributed by atoms with Crippen molar-refractivity contribution in [1.82, 2.24) is 25.6 Å². The largest absolute Gasteiger partial charge is 0.396 e. The molecule has 84 valence electrons. The lowest BCUT2D eigenvalue weighted by Crippen LogP contribution is -2.11. The number of hydrogen-bond donors (Lipinski definition) is 3. The molecule has 2 heterocycles. The second-order valence-corrected chi connectivity index (χ2v) is 3.66. The summed E-state index contributed by atoms with van der Waals surface area (Å²) >= 11 is 5.74. The molecular formula is C8H10ClN7. The second-order valence-electron chi connectivity index (χ2n) is 3.23. The Morgan fingerprint density at radius 2 is 2.38 bits per heavy atom. The van der Waals surface area contributed by atoms with Crippen LogP contribution >= 0.6 is 11.6 Å². The maximum absolute atomic E-state index is 5.75. The van der Waals surface area contributed by atoms with Crippen LogP contribution in [0.15, 0.2) is 12.3 Å². The molecule has 1 atom stereocenters. The Morgan fingerprint density at radius 3 is 3.00 bits per heavy atom. The fourth-order valence-corrected chi connectivity index (χ4v) is 1.36. The van der Waals surface area contributed by atoms with E-state index in [-0.39, 0.29) is 6.04 Å². The summed E-state index contributed by atoms with van der Waals surface area (Å²) < 4.78 is 0. The Morgan fingerprint density at radius 1 is 1.56 bits per heavy atom. The van der Waals surface area contributed by atoms with Crippen LogP contribution < -0.4 is 11.1 Å². The van der Waals surface area contributed by atoms with Gasteiger partial charge in [0.1, 0.15) is 5.82 Å². The quantitative estimate of drug-likeness (QED) is 0.738. The van der Waals surface area contributed by atoms with Gasteiger partial charge in [0.15, 0.2) is 5.82 Å². The van der Waals surface area contributed by atoms with E-state index in [1.165, 1.54) is 6.20 Å². The van der Waals surface area contributed by atoms with Crippen LogP contribution in [0.3, 0.4) is 0 Å². The van der Waals surface area contributed by atoms with Gasteiger partial charge in [-0.2, -0.15) is 5.21 Å². The zero-order valence-corrected chi connectivity index (χ0v) is 9.23. The molecule has 0 aromatic carbocycles. The number of pyridine rings is 1. The number of rotatable bonds is 3. The van der Waals surface area contributed by atoms with Crippen LogP contribution in [0.1, 0.15) is 18.8 Å². The molecule has 0 fully saturated rings. The summed E-state index contributed by atoms with van der Waals surface area (Å²) in [5.41, 5.74) is 6.22. The summed E-state index contributed by atoms with van der Waals surface area (Å²) in [5, 5.41) is 17.1. The normalized spacial score (nSPS) is 12.4. The average Bonchev–Trinajstić information content (AvgIpc) is 2.75. The standard InChI is InChI=1S/C8H10ClN7/c1-4(7-13-15-16-14-7)12-8-6(10)2-5(9)3-11-8/h2-4H,10H2,1H3,(H,11,12)(H,13,14,15,16). The zero-order valence-electron chi connectivity index (χ0n) is 8.48. The third kappa shape index (κ3) is 2.19. The Kier molecular flexibility index (Phi) is 2.86. The molecule has 0 aliphatic carbocycles. The Balaban J connectivity index is 2.15. The molecule has 16 heavy (non-hydrogen) atoms. The van der Waals surface area contributed by atoms with Gasteiger partial charge in [-0.1, -0.05) is 16.8 Å². The zero-order chi connectivity index (χ0) is 11.5. The van der Waals surface area contributed by atoms with Gasteiger partial charge in [0, 0.05) is 6.20 Å². The summed E-state index contributed by atoms with van der Waals surface area (Å²) in [4.78, 5) is 4.07. The van der Waals surface area contributed by atoms with E-state index >= 15 is 0 Å². The van der Waals surface area contributed by atoms with Crippen molar-refractivity contribution in [1.29, 1.82) is 0 Å². The Labute approximate surface area is 96.4 Å². The van der Waals surface area contributed by atoms with Gasteiger partial charge < -0.3 is 11.1 Å². The Bertz CT molecular complexity index is 469. The molecule has 0 aliphatic heterocycles. The van der Waals surface area contributed by atoms with Crippen molar-refractivity contribution in [2.75, 3.05) is 11.1 Å². The lowest BCUT2D eigenvalue weighted by molar-refractivity contribution is 0.788. The molecule has 0 aliphatic rings. The van der Waals surface area contributed by atoms with Crippen molar-refractivity contribution in [2.24, 2.45) is 0 Å². The van der Waals surface area contributed by atoms with E-state index in [0.29, 0.717) is 22.4 Å². The first-order valence-corrected chi connectivity index (χ1v) is 4.95. The fraction of sp³-hybridized carbons (Fsp3) is 0.250. The molecule has 2 aromatic rings. The first-order chi connectivity index (χ1) is 7.66. The molecule has 7 nitrogen and oxygen atoms in total. The molecule has 2 aromatic heterocycles. The number of aromatic amines is 1. The first kappa shape index (κ1) is 10.6. The first-order valence-electron chi connectivity index (χ1n) is 4.57. The number of H-pyrrole nitrogens is 1. The van der Waals surface area contributed by atoms with Gasteiger partial charge in [-0.05, 0) is 13.0 Å². The predicted octanol–water partition coefficient (Wildman–Crippen LogP) is 1.00. The number of nitrogens with one attached hydrogen (secondary N) is 2. The molecule has 8 heteroatoms. The van der Waals surface area contributed by atoms with Gasteiger partial charge in [0.25, 0.3) is 0 Å². The predicted molar refractivity (Wildman–Crippen MR) is 59.9 cm³/mol. The molecule has 1 unspecified atom stereocenters. The van der Waals surface area contributed by atoms with E-state index in [4.69, 9.17) is 17.3 Å². The SMILES string of the molecule is CC(Nc1ncc(Cl)cc1N)c1nn[nH]n1. The van der Waals surface area contributed by atoms with Gasteiger partial charge in [-0.25, -0.2) is 4.98 Å². The van der Waals surface area contributed by atoms with E-state index in [9.17, 15) is 0 Å². The van der Waals surface area contributed by atoms with Crippen molar-refractivity contribution in [3.63, 3.8) is 0 Å². The van der Waals surface area contributed by atoms with Crippen molar-refractivity contribution in [2.45, 2.75) is 13.0 Å². The van der Waals surface area contributed by atoms with Crippen molar-refractivity contribution in [3.05, 3.63) is 23.1 Å². The molecule has 0 spiro atoms. The minimum atomic E-state index is -0.144. The third-order valence-corrected chi connectivity index (χ3v) is 2.19. The highest BCUT2D eigenvalue weighted by Crippen LogP contribution is 2.22. The van der Waals surface area contributed by atoms with Crippen LogP contribution in [-0.2, 0) is 0 Å². The maximum atomic E-state index is 5.75. The van der Waals surface area contributed by atoms with Gasteiger partial charge in [-0.15, -0.1) is 10.2 Å². The van der Waals surface area contributed by atoms with Crippen LogP contribution in [-0.4, -0.2) is 25.6 Å². The number of anilines is 2. The molecule has 2 rings (SSSR count). The Hall–Kier alpha value is -1.89. The highest BCUT2D eigenvalue weighted by molar-refractivity contribution is 6.30. The molecule has 0 amide bonds. The average molecular weight is 240 g/mol. The lowest BCUT2D eigenvalue weighted by atomic mass is 10.3. The molecule has 0 saturated carbocycles. The van der Waals surface area contributed by atoms with E-state index in [0.717, 1.165) is 0 Å². The van der Waals surface area contributed by atoms with Crippen LogP contribution in [0.4, 0.5) is 11.5 Å². The van der Waals surface area contributed by atoms with Crippen LogP contribution in [0.25, 0.3) is 0 Å². The van der Waals surface area contributed by atoms with Crippen LogP contribution in [0.2, 0.25) is 5.02 Å². The molecule has 0 radical (unpaired) electrons. The van der Waals surface area contributed by atoms with Gasteiger partial charge >= 0.3 is 0 Å². The van der Waals surface area contributed by atoms with Crippen molar-refractivity contribution < 1.29 is 0 Å².